The van der Waals surface area contributed by atoms with Crippen molar-refractivity contribution >= 4 is 0 Å². The minimum atomic E-state index is 0.248. The van der Waals surface area contributed by atoms with Crippen LogP contribution in [0.15, 0.2) is 0 Å². The maximum Gasteiger partial charge on any atom is 0.0456 e. The number of hydrogen-bond acceptors (Lipinski definition) is 5. The van der Waals surface area contributed by atoms with Gasteiger partial charge in [-0.05, 0) is 25.9 Å². The van der Waals surface area contributed by atoms with E-state index in [1.165, 1.54) is 0 Å². The summed E-state index contributed by atoms with van der Waals surface area (Å²) in [6.45, 7) is 6.13. The van der Waals surface area contributed by atoms with E-state index < -0.39 is 0 Å². The van der Waals surface area contributed by atoms with Crippen molar-refractivity contribution in [2.24, 2.45) is 0 Å². The van der Waals surface area contributed by atoms with E-state index in [2.05, 4.69) is 21.3 Å². The van der Waals surface area contributed by atoms with E-state index in [0.717, 1.165) is 52.2 Å². The van der Waals surface area contributed by atoms with Gasteiger partial charge in [-0.15, -0.1) is 0 Å². The van der Waals surface area contributed by atoms with Gasteiger partial charge in [-0.1, -0.05) is 0 Å². The molecule has 0 aromatic heterocycles. The SMILES string of the molecule is OCCC1CNCCNCCCNCN1. The van der Waals surface area contributed by atoms with Gasteiger partial charge in [0.2, 0.25) is 0 Å². The Morgan fingerprint density at radius 2 is 1.80 bits per heavy atom. The highest BCUT2D eigenvalue weighted by Gasteiger charge is 2.06. The molecule has 1 saturated heterocycles. The van der Waals surface area contributed by atoms with Crippen LogP contribution in [0, 0.1) is 0 Å². The van der Waals surface area contributed by atoms with E-state index in [1.807, 2.05) is 0 Å². The Kier molecular flexibility index (Phi) is 7.77. The van der Waals surface area contributed by atoms with Crippen molar-refractivity contribution in [1.82, 2.24) is 21.3 Å². The molecule has 5 heteroatoms. The fourth-order valence-corrected chi connectivity index (χ4v) is 1.65. The van der Waals surface area contributed by atoms with Crippen molar-refractivity contribution in [3.05, 3.63) is 0 Å². The van der Waals surface area contributed by atoms with Gasteiger partial charge in [0.05, 0.1) is 0 Å². The Bertz CT molecular complexity index is 133. The van der Waals surface area contributed by atoms with Crippen LogP contribution >= 0.6 is 0 Å². The molecule has 0 aromatic carbocycles. The zero-order valence-electron chi connectivity index (χ0n) is 9.39. The van der Waals surface area contributed by atoms with Gasteiger partial charge in [0, 0.05) is 39.0 Å². The number of nitrogens with one attached hydrogen (secondary N) is 4. The van der Waals surface area contributed by atoms with E-state index in [-0.39, 0.29) is 6.61 Å². The van der Waals surface area contributed by atoms with Crippen molar-refractivity contribution in [2.45, 2.75) is 18.9 Å². The van der Waals surface area contributed by atoms with Crippen molar-refractivity contribution in [2.75, 3.05) is 46.0 Å². The third-order valence-corrected chi connectivity index (χ3v) is 2.57. The van der Waals surface area contributed by atoms with Crippen LogP contribution < -0.4 is 21.3 Å². The molecule has 1 rings (SSSR count). The van der Waals surface area contributed by atoms with E-state index >= 15 is 0 Å². The van der Waals surface area contributed by atoms with Gasteiger partial charge < -0.3 is 26.4 Å². The molecule has 1 aliphatic rings. The molecule has 1 atom stereocenters. The number of rotatable bonds is 2. The van der Waals surface area contributed by atoms with E-state index in [4.69, 9.17) is 5.11 Å². The van der Waals surface area contributed by atoms with E-state index in [1.54, 1.807) is 0 Å². The summed E-state index contributed by atoms with van der Waals surface area (Å²) in [7, 11) is 0. The molecule has 5 N–H and O–H groups in total. The molecule has 0 bridgehead atoms. The topological polar surface area (TPSA) is 68.3 Å². The van der Waals surface area contributed by atoms with Crippen LogP contribution in [0.5, 0.6) is 0 Å². The van der Waals surface area contributed by atoms with Crippen LogP contribution in [0.25, 0.3) is 0 Å². The molecule has 0 saturated carbocycles. The van der Waals surface area contributed by atoms with E-state index in [9.17, 15) is 0 Å². The van der Waals surface area contributed by atoms with Crippen molar-refractivity contribution in [3.8, 4) is 0 Å². The standard InChI is InChI=1S/C10H24N4O/c15-7-2-10-8-12-6-5-11-3-1-4-13-9-14-10/h10-15H,1-9H2. The monoisotopic (exact) mass is 216 g/mol. The molecule has 0 amide bonds. The molecule has 0 radical (unpaired) electrons. The molecular weight excluding hydrogens is 192 g/mol. The minimum absolute atomic E-state index is 0.248. The molecule has 1 fully saturated rings. The third kappa shape index (κ3) is 6.81. The van der Waals surface area contributed by atoms with Gasteiger partial charge in [0.15, 0.2) is 0 Å². The maximum atomic E-state index is 8.91. The van der Waals surface area contributed by atoms with Crippen LogP contribution in [0.1, 0.15) is 12.8 Å². The molecule has 1 heterocycles. The molecule has 1 aliphatic heterocycles. The molecule has 15 heavy (non-hydrogen) atoms. The largest absolute Gasteiger partial charge is 0.396 e. The first-order valence-corrected chi connectivity index (χ1v) is 5.90. The van der Waals surface area contributed by atoms with Gasteiger partial charge in [0.1, 0.15) is 0 Å². The smallest absolute Gasteiger partial charge is 0.0456 e. The summed E-state index contributed by atoms with van der Waals surface area (Å²) in [5, 5.41) is 22.4. The summed E-state index contributed by atoms with van der Waals surface area (Å²) in [6.07, 6.45) is 1.97. The fraction of sp³-hybridized carbons (Fsp3) is 1.00. The molecule has 0 spiro atoms. The Hall–Kier alpha value is -0.200. The van der Waals surface area contributed by atoms with Gasteiger partial charge in [0.25, 0.3) is 0 Å². The average Bonchev–Trinajstić information content (AvgIpc) is 2.22. The maximum absolute atomic E-state index is 8.91. The zero-order valence-corrected chi connectivity index (χ0v) is 9.39. The second-order valence-corrected chi connectivity index (χ2v) is 3.90. The predicted octanol–water partition coefficient (Wildman–Crippen LogP) is -1.54. The minimum Gasteiger partial charge on any atom is -0.396 e. The highest BCUT2D eigenvalue weighted by Crippen LogP contribution is 1.88. The Morgan fingerprint density at radius 3 is 2.67 bits per heavy atom. The van der Waals surface area contributed by atoms with Crippen LogP contribution in [0.4, 0.5) is 0 Å². The second-order valence-electron chi connectivity index (χ2n) is 3.90. The second kappa shape index (κ2) is 9.06. The molecule has 1 unspecified atom stereocenters. The first kappa shape index (κ1) is 12.9. The lowest BCUT2D eigenvalue weighted by atomic mass is 10.2. The van der Waals surface area contributed by atoms with Crippen LogP contribution in [-0.2, 0) is 0 Å². The molecule has 0 aromatic rings. The predicted molar refractivity (Wildman–Crippen MR) is 61.9 cm³/mol. The van der Waals surface area contributed by atoms with Gasteiger partial charge in [-0.3, -0.25) is 0 Å². The van der Waals surface area contributed by atoms with E-state index in [0.29, 0.717) is 6.04 Å². The summed E-state index contributed by atoms with van der Waals surface area (Å²) in [5.41, 5.74) is 0. The van der Waals surface area contributed by atoms with Crippen molar-refractivity contribution in [3.63, 3.8) is 0 Å². The Morgan fingerprint density at radius 1 is 1.00 bits per heavy atom. The first-order chi connectivity index (χ1) is 7.43. The summed E-state index contributed by atoms with van der Waals surface area (Å²) in [5.74, 6) is 0. The summed E-state index contributed by atoms with van der Waals surface area (Å²) in [6, 6.07) is 0.363. The van der Waals surface area contributed by atoms with Crippen LogP contribution in [0.3, 0.4) is 0 Å². The van der Waals surface area contributed by atoms with Crippen LogP contribution in [0.2, 0.25) is 0 Å². The highest BCUT2D eigenvalue weighted by atomic mass is 16.3. The lowest BCUT2D eigenvalue weighted by molar-refractivity contribution is 0.260. The van der Waals surface area contributed by atoms with Gasteiger partial charge in [-0.25, -0.2) is 0 Å². The molecule has 0 aliphatic carbocycles. The van der Waals surface area contributed by atoms with Crippen LogP contribution in [-0.4, -0.2) is 57.1 Å². The normalized spacial score (nSPS) is 26.6. The number of hydrogen-bond donors (Lipinski definition) is 5. The lowest BCUT2D eigenvalue weighted by Crippen LogP contribution is -2.45. The van der Waals surface area contributed by atoms with Gasteiger partial charge >= 0.3 is 0 Å². The Balaban J connectivity index is 2.19. The molecule has 5 nitrogen and oxygen atoms in total. The zero-order chi connectivity index (χ0) is 10.8. The first-order valence-electron chi connectivity index (χ1n) is 5.90. The highest BCUT2D eigenvalue weighted by molar-refractivity contribution is 4.70. The quantitative estimate of drug-likeness (QED) is 0.387. The average molecular weight is 216 g/mol. The number of aliphatic hydroxyl groups excluding tert-OH is 1. The van der Waals surface area contributed by atoms with Gasteiger partial charge in [-0.2, -0.15) is 0 Å². The number of aliphatic hydroxyl groups is 1. The molecule has 90 valence electrons. The fourth-order valence-electron chi connectivity index (χ4n) is 1.65. The lowest BCUT2D eigenvalue weighted by Gasteiger charge is -2.20. The summed E-state index contributed by atoms with van der Waals surface area (Å²) < 4.78 is 0. The third-order valence-electron chi connectivity index (χ3n) is 2.57. The molecular formula is C10H24N4O. The van der Waals surface area contributed by atoms with Crippen molar-refractivity contribution in [1.29, 1.82) is 0 Å². The Labute approximate surface area is 92.0 Å². The van der Waals surface area contributed by atoms with Crippen molar-refractivity contribution < 1.29 is 5.11 Å². The summed E-state index contributed by atoms with van der Waals surface area (Å²) >= 11 is 0. The summed E-state index contributed by atoms with van der Waals surface area (Å²) in [4.78, 5) is 0.